The number of ketones is 1. The molecule has 1 saturated heterocycles. The van der Waals surface area contributed by atoms with Crippen molar-refractivity contribution in [2.24, 2.45) is 7.05 Å². The lowest BCUT2D eigenvalue weighted by Crippen LogP contribution is -2.47. The van der Waals surface area contributed by atoms with Gasteiger partial charge in [0.15, 0.2) is 0 Å². The molecule has 7 nitrogen and oxygen atoms in total. The van der Waals surface area contributed by atoms with Gasteiger partial charge in [0.2, 0.25) is 0 Å². The third kappa shape index (κ3) is 8.37. The van der Waals surface area contributed by atoms with Gasteiger partial charge in [-0.3, -0.25) is 9.69 Å². The molecule has 1 fully saturated rings. The first kappa shape index (κ1) is 37.8. The number of carbonyl (C=O) groups excluding carboxylic acids is 1. The van der Waals surface area contributed by atoms with Gasteiger partial charge in [-0.1, -0.05) is 48.4 Å². The molecule has 1 aliphatic rings. The zero-order valence-corrected chi connectivity index (χ0v) is 27.9. The SMILES string of the molecule is CCC(c1ccc(C(F)(F)F)cc1CN(Cc1cc(C(F)(F)F)cc(C(F)(F)F)c1)c1nnn(C)n1)N1CCC(C(C)=O)(c2ccccc2)CC1. The Morgan fingerprint density at radius 3 is 1.90 bits per heavy atom. The molecule has 1 aliphatic heterocycles. The van der Waals surface area contributed by atoms with Crippen molar-refractivity contribution < 1.29 is 44.3 Å². The Bertz CT molecular complexity index is 1800. The minimum absolute atomic E-state index is 0.00235. The molecule has 51 heavy (non-hydrogen) atoms. The van der Waals surface area contributed by atoms with E-state index >= 15 is 0 Å². The van der Waals surface area contributed by atoms with E-state index in [9.17, 15) is 44.3 Å². The van der Waals surface area contributed by atoms with Crippen molar-refractivity contribution in [2.75, 3.05) is 18.0 Å². The van der Waals surface area contributed by atoms with Crippen LogP contribution in [0.1, 0.15) is 78.1 Å². The van der Waals surface area contributed by atoms with Crippen LogP contribution in [0.2, 0.25) is 0 Å². The lowest BCUT2D eigenvalue weighted by molar-refractivity contribution is -0.143. The molecule has 1 atom stereocenters. The van der Waals surface area contributed by atoms with E-state index in [4.69, 9.17) is 0 Å². The van der Waals surface area contributed by atoms with Gasteiger partial charge in [0.25, 0.3) is 5.95 Å². The normalized spacial score (nSPS) is 16.2. The molecule has 0 amide bonds. The lowest BCUT2D eigenvalue weighted by atomic mass is 9.70. The highest BCUT2D eigenvalue weighted by Crippen LogP contribution is 2.42. The quantitative estimate of drug-likeness (QED) is 0.153. The minimum atomic E-state index is -5.11. The molecule has 274 valence electrons. The van der Waals surface area contributed by atoms with E-state index in [-0.39, 0.29) is 23.4 Å². The van der Waals surface area contributed by atoms with Crippen LogP contribution in [0.25, 0.3) is 0 Å². The Kier molecular flexibility index (Phi) is 10.6. The summed E-state index contributed by atoms with van der Waals surface area (Å²) >= 11 is 0. The van der Waals surface area contributed by atoms with Gasteiger partial charge in [0.05, 0.1) is 29.2 Å². The molecular formula is C35H35F9N6O. The van der Waals surface area contributed by atoms with Crippen LogP contribution in [0, 0.1) is 0 Å². The Labute approximate surface area is 288 Å². The Morgan fingerprint density at radius 1 is 0.824 bits per heavy atom. The van der Waals surface area contributed by atoms with E-state index in [0.717, 1.165) is 22.5 Å². The van der Waals surface area contributed by atoms with Gasteiger partial charge in [-0.2, -0.15) is 44.3 Å². The van der Waals surface area contributed by atoms with Gasteiger partial charge in [0, 0.05) is 32.2 Å². The van der Waals surface area contributed by atoms with Crippen LogP contribution < -0.4 is 4.90 Å². The fourth-order valence-corrected chi connectivity index (χ4v) is 6.87. The summed E-state index contributed by atoms with van der Waals surface area (Å²) < 4.78 is 124. The van der Waals surface area contributed by atoms with Crippen molar-refractivity contribution in [3.05, 3.63) is 106 Å². The number of likely N-dealkylation sites (tertiary alicyclic amines) is 1. The first-order chi connectivity index (χ1) is 23.8. The molecule has 16 heteroatoms. The fourth-order valence-electron chi connectivity index (χ4n) is 6.87. The van der Waals surface area contributed by atoms with Gasteiger partial charge < -0.3 is 4.90 Å². The van der Waals surface area contributed by atoms with E-state index < -0.39 is 65.3 Å². The second-order valence-electron chi connectivity index (χ2n) is 12.7. The average Bonchev–Trinajstić information content (AvgIpc) is 3.50. The van der Waals surface area contributed by atoms with Crippen LogP contribution in [0.5, 0.6) is 0 Å². The van der Waals surface area contributed by atoms with Crippen LogP contribution >= 0.6 is 0 Å². The average molecular weight is 727 g/mol. The summed E-state index contributed by atoms with van der Waals surface area (Å²) in [6.45, 7) is 3.26. The van der Waals surface area contributed by atoms with Gasteiger partial charge in [0.1, 0.15) is 5.78 Å². The summed E-state index contributed by atoms with van der Waals surface area (Å²) in [5.41, 5.74) is -3.71. The van der Waals surface area contributed by atoms with Crippen LogP contribution in [0.4, 0.5) is 45.5 Å². The summed E-state index contributed by atoms with van der Waals surface area (Å²) in [7, 11) is 1.39. The molecule has 5 rings (SSSR count). The molecular weight excluding hydrogens is 691 g/mol. The van der Waals surface area contributed by atoms with E-state index in [1.807, 2.05) is 37.3 Å². The third-order valence-electron chi connectivity index (χ3n) is 9.47. The predicted octanol–water partition coefficient (Wildman–Crippen LogP) is 8.55. The number of hydrogen-bond donors (Lipinski definition) is 0. The number of piperidine rings is 1. The molecule has 0 aliphatic carbocycles. The molecule has 0 radical (unpaired) electrons. The molecule has 2 heterocycles. The van der Waals surface area contributed by atoms with Gasteiger partial charge in [-0.15, -0.1) is 5.10 Å². The van der Waals surface area contributed by atoms with Crippen LogP contribution in [0.15, 0.2) is 66.7 Å². The number of aryl methyl sites for hydroxylation is 1. The number of Topliss-reactive ketones (excluding diaryl/α,β-unsaturated/α-hetero) is 1. The van der Waals surface area contributed by atoms with E-state index in [0.29, 0.717) is 50.0 Å². The number of benzene rings is 3. The number of alkyl halides is 9. The van der Waals surface area contributed by atoms with Crippen molar-refractivity contribution in [1.82, 2.24) is 25.1 Å². The standard InChI is InChI=1S/C35H35F9N6O/c1-4-30(49-14-12-32(13-15-49,22(2)51)25-8-6-5-7-9-25)29-11-10-26(33(36,37)38)18-24(29)21-50(31-45-47-48(3)46-31)20-23-16-27(34(39,40)41)19-28(17-23)35(42,43)44/h5-11,16-19,30H,4,12-15,20-21H2,1-3H3. The smallest absolute Gasteiger partial charge is 0.330 e. The number of anilines is 1. The van der Waals surface area contributed by atoms with Crippen LogP contribution in [-0.2, 0) is 48.9 Å². The molecule has 3 aromatic carbocycles. The fraction of sp³-hybridized carbons (Fsp3) is 0.429. The number of tetrazole rings is 1. The van der Waals surface area contributed by atoms with Gasteiger partial charge in [-0.05, 0) is 84.0 Å². The molecule has 0 saturated carbocycles. The zero-order chi connectivity index (χ0) is 37.4. The zero-order valence-electron chi connectivity index (χ0n) is 27.9. The van der Waals surface area contributed by atoms with E-state index in [2.05, 4.69) is 20.3 Å². The second-order valence-corrected chi connectivity index (χ2v) is 12.7. The monoisotopic (exact) mass is 726 g/mol. The lowest BCUT2D eigenvalue weighted by Gasteiger charge is -2.44. The van der Waals surface area contributed by atoms with Crippen LogP contribution in [0.3, 0.4) is 0 Å². The maximum Gasteiger partial charge on any atom is 0.416 e. The van der Waals surface area contributed by atoms with Crippen molar-refractivity contribution in [2.45, 2.75) is 76.2 Å². The Morgan fingerprint density at radius 2 is 1.41 bits per heavy atom. The molecule has 1 unspecified atom stereocenters. The first-order valence-electron chi connectivity index (χ1n) is 16.1. The molecule has 4 aromatic rings. The number of carbonyl (C=O) groups is 1. The number of rotatable bonds is 10. The summed E-state index contributed by atoms with van der Waals surface area (Å²) in [5.74, 6) is -0.209. The van der Waals surface area contributed by atoms with Crippen molar-refractivity contribution in [1.29, 1.82) is 0 Å². The molecule has 1 aromatic heterocycles. The predicted molar refractivity (Wildman–Crippen MR) is 169 cm³/mol. The summed E-state index contributed by atoms with van der Waals surface area (Å²) in [4.78, 5) is 17.3. The highest BCUT2D eigenvalue weighted by molar-refractivity contribution is 5.88. The Balaban J connectivity index is 1.54. The molecule has 0 spiro atoms. The van der Waals surface area contributed by atoms with E-state index in [1.54, 1.807) is 6.92 Å². The maximum atomic E-state index is 14.1. The second kappa shape index (κ2) is 14.3. The molecule has 0 N–H and O–H groups in total. The Hall–Kier alpha value is -4.47. The highest BCUT2D eigenvalue weighted by atomic mass is 19.4. The largest absolute Gasteiger partial charge is 0.416 e. The summed E-state index contributed by atoms with van der Waals surface area (Å²) in [5, 5.41) is 11.7. The summed E-state index contributed by atoms with van der Waals surface area (Å²) in [6, 6.07) is 13.3. The van der Waals surface area contributed by atoms with Gasteiger partial charge >= 0.3 is 18.5 Å². The number of halogens is 9. The van der Waals surface area contributed by atoms with Gasteiger partial charge in [-0.25, -0.2) is 0 Å². The number of hydrogen-bond acceptors (Lipinski definition) is 6. The highest BCUT2D eigenvalue weighted by Gasteiger charge is 2.42. The topological polar surface area (TPSA) is 67.2 Å². The van der Waals surface area contributed by atoms with Crippen LogP contribution in [-0.4, -0.2) is 44.0 Å². The van der Waals surface area contributed by atoms with E-state index in [1.165, 1.54) is 18.0 Å². The minimum Gasteiger partial charge on any atom is -0.330 e. The number of nitrogens with zero attached hydrogens (tertiary/aromatic N) is 6. The van der Waals surface area contributed by atoms with Crippen molar-refractivity contribution in [3.63, 3.8) is 0 Å². The third-order valence-corrected chi connectivity index (χ3v) is 9.47. The number of aromatic nitrogens is 4. The van der Waals surface area contributed by atoms with Crippen molar-refractivity contribution in [3.8, 4) is 0 Å². The van der Waals surface area contributed by atoms with Crippen molar-refractivity contribution >= 4 is 11.7 Å². The maximum absolute atomic E-state index is 14.1. The molecule has 0 bridgehead atoms. The summed E-state index contributed by atoms with van der Waals surface area (Å²) in [6.07, 6.45) is -13.6. The first-order valence-corrected chi connectivity index (χ1v) is 16.1.